The Bertz CT molecular complexity index is 544. The van der Waals surface area contributed by atoms with Crippen LogP contribution in [0.25, 0.3) is 11.2 Å². The maximum atomic E-state index is 6.32. The minimum absolute atomic E-state index is 0.507. The fourth-order valence-electron chi connectivity index (χ4n) is 2.08. The molecule has 1 fully saturated rings. The van der Waals surface area contributed by atoms with Crippen LogP contribution >= 0.6 is 0 Å². The van der Waals surface area contributed by atoms with E-state index in [1.54, 1.807) is 0 Å². The van der Waals surface area contributed by atoms with Crippen LogP contribution in [0.4, 0.5) is 0 Å². The molecule has 1 aliphatic rings. The quantitative estimate of drug-likeness (QED) is 0.807. The molecule has 17 heavy (non-hydrogen) atoms. The van der Waals surface area contributed by atoms with Crippen molar-refractivity contribution in [1.29, 1.82) is 0 Å². The second-order valence-corrected chi connectivity index (χ2v) is 4.56. The van der Waals surface area contributed by atoms with E-state index < -0.39 is 5.54 Å². The molecular weight excluding hydrogens is 218 g/mol. The van der Waals surface area contributed by atoms with E-state index in [9.17, 15) is 0 Å². The number of aromatic nitrogens is 2. The summed E-state index contributed by atoms with van der Waals surface area (Å²) in [6.07, 6.45) is 1.47. The molecule has 0 bridgehead atoms. The molecule has 0 amide bonds. The number of hydrogen-bond acceptors (Lipinski definition) is 5. The highest BCUT2D eigenvalue weighted by Gasteiger charge is 2.35. The van der Waals surface area contributed by atoms with E-state index in [1.165, 1.54) is 0 Å². The van der Waals surface area contributed by atoms with Crippen molar-refractivity contribution in [3.63, 3.8) is 0 Å². The van der Waals surface area contributed by atoms with Crippen molar-refractivity contribution in [1.82, 2.24) is 9.97 Å². The Labute approximate surface area is 99.0 Å². The number of aryl methyl sites for hydroxylation is 1. The van der Waals surface area contributed by atoms with E-state index in [-0.39, 0.29) is 0 Å². The molecule has 0 aliphatic carbocycles. The Kier molecular flexibility index (Phi) is 2.38. The van der Waals surface area contributed by atoms with Crippen molar-refractivity contribution < 1.29 is 9.15 Å². The fourth-order valence-corrected chi connectivity index (χ4v) is 2.08. The lowest BCUT2D eigenvalue weighted by atomic mass is 9.91. The van der Waals surface area contributed by atoms with Gasteiger partial charge < -0.3 is 14.9 Å². The van der Waals surface area contributed by atoms with E-state index in [0.717, 1.165) is 18.5 Å². The minimum Gasteiger partial charge on any atom is -0.437 e. The zero-order chi connectivity index (χ0) is 11.9. The number of fused-ring (bicyclic) bond motifs is 1. The second kappa shape index (κ2) is 3.78. The summed E-state index contributed by atoms with van der Waals surface area (Å²) in [7, 11) is 0. The first kappa shape index (κ1) is 10.7. The zero-order valence-electron chi connectivity index (χ0n) is 9.77. The van der Waals surface area contributed by atoms with Gasteiger partial charge >= 0.3 is 0 Å². The molecule has 0 aromatic carbocycles. The Morgan fingerprint density at radius 1 is 1.24 bits per heavy atom. The van der Waals surface area contributed by atoms with Crippen LogP contribution < -0.4 is 5.73 Å². The number of oxazole rings is 1. The third-order valence-corrected chi connectivity index (χ3v) is 3.20. The smallest absolute Gasteiger partial charge is 0.217 e. The predicted octanol–water partition coefficient (Wildman–Crippen LogP) is 1.50. The van der Waals surface area contributed by atoms with Crippen molar-refractivity contribution in [3.05, 3.63) is 23.7 Å². The molecular formula is C12H15N3O2. The maximum absolute atomic E-state index is 6.32. The van der Waals surface area contributed by atoms with Crippen LogP contribution in [0.3, 0.4) is 0 Å². The Hall–Kier alpha value is -1.46. The van der Waals surface area contributed by atoms with Crippen molar-refractivity contribution in [2.75, 3.05) is 13.2 Å². The van der Waals surface area contributed by atoms with Crippen LogP contribution in [0.15, 0.2) is 16.5 Å². The minimum atomic E-state index is -0.507. The Morgan fingerprint density at radius 2 is 2.00 bits per heavy atom. The van der Waals surface area contributed by atoms with Gasteiger partial charge in [-0.2, -0.15) is 4.98 Å². The number of pyridine rings is 1. The third-order valence-electron chi connectivity index (χ3n) is 3.20. The summed E-state index contributed by atoms with van der Waals surface area (Å²) in [5.74, 6) is 0.578. The van der Waals surface area contributed by atoms with Gasteiger partial charge in [0.25, 0.3) is 0 Å². The van der Waals surface area contributed by atoms with Crippen LogP contribution in [0.1, 0.15) is 24.4 Å². The molecule has 3 heterocycles. The molecule has 0 atom stereocenters. The SMILES string of the molecule is Cc1ccc2oc(C3(N)CCOCC3)nc2n1. The molecule has 0 saturated carbocycles. The van der Waals surface area contributed by atoms with E-state index in [4.69, 9.17) is 14.9 Å². The lowest BCUT2D eigenvalue weighted by Gasteiger charge is -2.29. The molecule has 2 aromatic heterocycles. The van der Waals surface area contributed by atoms with Crippen molar-refractivity contribution >= 4 is 11.2 Å². The lowest BCUT2D eigenvalue weighted by Crippen LogP contribution is -2.42. The van der Waals surface area contributed by atoms with Gasteiger partial charge in [0.15, 0.2) is 11.2 Å². The standard InChI is InChI=1S/C12H15N3O2/c1-8-2-3-9-10(14-8)15-11(17-9)12(13)4-6-16-7-5-12/h2-3H,4-7,13H2,1H3. The van der Waals surface area contributed by atoms with Crippen molar-refractivity contribution in [2.45, 2.75) is 25.3 Å². The van der Waals surface area contributed by atoms with Gasteiger partial charge in [-0.1, -0.05) is 0 Å². The summed E-state index contributed by atoms with van der Waals surface area (Å²) < 4.78 is 11.0. The van der Waals surface area contributed by atoms with Crippen molar-refractivity contribution in [3.8, 4) is 0 Å². The molecule has 1 saturated heterocycles. The Balaban J connectivity index is 2.05. The fraction of sp³-hybridized carbons (Fsp3) is 0.500. The van der Waals surface area contributed by atoms with E-state index in [2.05, 4.69) is 9.97 Å². The highest BCUT2D eigenvalue weighted by Crippen LogP contribution is 2.30. The highest BCUT2D eigenvalue weighted by molar-refractivity contribution is 5.67. The first-order valence-electron chi connectivity index (χ1n) is 5.79. The first-order chi connectivity index (χ1) is 8.17. The summed E-state index contributed by atoms with van der Waals surface area (Å²) >= 11 is 0. The molecule has 90 valence electrons. The van der Waals surface area contributed by atoms with Crippen LogP contribution in [0.2, 0.25) is 0 Å². The maximum Gasteiger partial charge on any atom is 0.217 e. The molecule has 0 spiro atoms. The molecule has 5 nitrogen and oxygen atoms in total. The van der Waals surface area contributed by atoms with Gasteiger partial charge in [-0.05, 0) is 31.9 Å². The van der Waals surface area contributed by atoms with E-state index >= 15 is 0 Å². The average molecular weight is 233 g/mol. The number of nitrogens with two attached hydrogens (primary N) is 1. The second-order valence-electron chi connectivity index (χ2n) is 4.56. The molecule has 1 aliphatic heterocycles. The van der Waals surface area contributed by atoms with E-state index in [0.29, 0.717) is 30.3 Å². The van der Waals surface area contributed by atoms with Crippen LogP contribution in [-0.2, 0) is 10.3 Å². The summed E-state index contributed by atoms with van der Waals surface area (Å²) in [6, 6.07) is 3.79. The molecule has 0 unspecified atom stereocenters. The van der Waals surface area contributed by atoms with Gasteiger partial charge in [0.2, 0.25) is 5.89 Å². The number of ether oxygens (including phenoxy) is 1. The van der Waals surface area contributed by atoms with Gasteiger partial charge in [-0.15, -0.1) is 0 Å². The summed E-state index contributed by atoms with van der Waals surface area (Å²) in [6.45, 7) is 3.24. The van der Waals surface area contributed by atoms with Gasteiger partial charge in [-0.25, -0.2) is 4.98 Å². The molecule has 2 aromatic rings. The van der Waals surface area contributed by atoms with Gasteiger partial charge in [0.05, 0.1) is 5.54 Å². The summed E-state index contributed by atoms with van der Waals surface area (Å²) in [5.41, 5.74) is 8.07. The number of nitrogens with zero attached hydrogens (tertiary/aromatic N) is 2. The molecule has 0 radical (unpaired) electrons. The van der Waals surface area contributed by atoms with Crippen LogP contribution in [0.5, 0.6) is 0 Å². The number of rotatable bonds is 1. The summed E-state index contributed by atoms with van der Waals surface area (Å²) in [5, 5.41) is 0. The average Bonchev–Trinajstić information content (AvgIpc) is 2.73. The molecule has 2 N–H and O–H groups in total. The largest absolute Gasteiger partial charge is 0.437 e. The lowest BCUT2D eigenvalue weighted by molar-refractivity contribution is 0.0429. The van der Waals surface area contributed by atoms with Gasteiger partial charge in [0, 0.05) is 18.9 Å². The zero-order valence-corrected chi connectivity index (χ0v) is 9.77. The number of hydrogen-bond donors (Lipinski definition) is 1. The first-order valence-corrected chi connectivity index (χ1v) is 5.79. The highest BCUT2D eigenvalue weighted by atomic mass is 16.5. The Morgan fingerprint density at radius 3 is 2.76 bits per heavy atom. The van der Waals surface area contributed by atoms with E-state index in [1.807, 2.05) is 19.1 Å². The molecule has 5 heteroatoms. The van der Waals surface area contributed by atoms with Crippen molar-refractivity contribution in [2.24, 2.45) is 5.73 Å². The van der Waals surface area contributed by atoms with Gasteiger partial charge in [-0.3, -0.25) is 0 Å². The van der Waals surface area contributed by atoms with Crippen LogP contribution in [-0.4, -0.2) is 23.2 Å². The van der Waals surface area contributed by atoms with Crippen LogP contribution in [0, 0.1) is 6.92 Å². The normalized spacial score (nSPS) is 19.6. The molecule has 3 rings (SSSR count). The predicted molar refractivity (Wildman–Crippen MR) is 62.5 cm³/mol. The monoisotopic (exact) mass is 233 g/mol. The summed E-state index contributed by atoms with van der Waals surface area (Å²) in [4.78, 5) is 8.74. The third kappa shape index (κ3) is 1.81. The topological polar surface area (TPSA) is 74.2 Å². The van der Waals surface area contributed by atoms with Gasteiger partial charge in [0.1, 0.15) is 0 Å².